The summed E-state index contributed by atoms with van der Waals surface area (Å²) in [6.07, 6.45) is 0. The molecular weight excluding hydrogens is 474 g/mol. The highest BCUT2D eigenvalue weighted by atomic mass is 32.2. The fourth-order valence-electron chi connectivity index (χ4n) is 3.46. The lowest BCUT2D eigenvalue weighted by Crippen LogP contribution is -2.74. The van der Waals surface area contributed by atoms with Gasteiger partial charge < -0.3 is 26.3 Å². The highest BCUT2D eigenvalue weighted by molar-refractivity contribution is 8.00. The van der Waals surface area contributed by atoms with Gasteiger partial charge in [-0.3, -0.25) is 14.4 Å². The minimum Gasteiger partial charge on any atom is -0.481 e. The number of oxime groups is 1. The van der Waals surface area contributed by atoms with Crippen LogP contribution < -0.4 is 11.1 Å². The molecule has 5 N–H and O–H groups in total. The van der Waals surface area contributed by atoms with Crippen LogP contribution in [0, 0.1) is 5.41 Å². The molecule has 2 aliphatic heterocycles. The number of nitrogens with zero attached hydrogens (tertiary/aromatic N) is 7. The fraction of sp³-hybridized carbons (Fsp3) is 0.412. The number of aliphatic carboxylic acids is 1. The normalized spacial score (nSPS) is 24.7. The van der Waals surface area contributed by atoms with Gasteiger partial charge in [-0.15, -0.1) is 16.9 Å². The van der Waals surface area contributed by atoms with Crippen molar-refractivity contribution < 1.29 is 24.7 Å². The van der Waals surface area contributed by atoms with Crippen molar-refractivity contribution in [3.05, 3.63) is 23.9 Å². The Labute approximate surface area is 195 Å². The Balaban J connectivity index is 1.42. The summed E-state index contributed by atoms with van der Waals surface area (Å²) < 4.78 is 1.44. The number of hydrogen-bond donors (Lipinski definition) is 4. The van der Waals surface area contributed by atoms with Gasteiger partial charge in [0.25, 0.3) is 5.91 Å². The van der Waals surface area contributed by atoms with E-state index in [2.05, 4.69) is 31.0 Å². The van der Waals surface area contributed by atoms with E-state index in [9.17, 15) is 24.7 Å². The molecule has 2 saturated heterocycles. The van der Waals surface area contributed by atoms with Gasteiger partial charge in [-0.25, -0.2) is 9.67 Å². The summed E-state index contributed by atoms with van der Waals surface area (Å²) in [4.78, 5) is 42.9. The van der Waals surface area contributed by atoms with E-state index in [4.69, 9.17) is 5.73 Å². The Morgan fingerprint density at radius 2 is 2.24 bits per heavy atom. The molecule has 16 heteroatoms. The third-order valence-corrected chi connectivity index (χ3v) is 8.16. The number of rotatable bonds is 7. The number of aryl methyl sites for hydroxylation is 1. The molecule has 2 amide bonds. The zero-order valence-corrected chi connectivity index (χ0v) is 18.8. The first-order valence-electron chi connectivity index (χ1n) is 9.52. The summed E-state index contributed by atoms with van der Waals surface area (Å²) in [5, 5.41) is 35.9. The number of fused-ring (bicyclic) bond motifs is 1. The van der Waals surface area contributed by atoms with Crippen molar-refractivity contribution >= 4 is 52.8 Å². The number of pyridine rings is 1. The number of thioether (sulfide) groups is 2. The lowest BCUT2D eigenvalue weighted by atomic mass is 9.89. The number of β-lactam (4-membered cyclic amide) rings is 1. The molecule has 14 nitrogen and oxygen atoms in total. The molecule has 2 aliphatic rings. The maximum Gasteiger partial charge on any atom is 0.313 e. The average Bonchev–Trinajstić information content (AvgIpc) is 3.21. The first-order chi connectivity index (χ1) is 15.8. The van der Waals surface area contributed by atoms with Crippen molar-refractivity contribution in [2.24, 2.45) is 17.6 Å². The molecule has 4 rings (SSSR count). The second kappa shape index (κ2) is 8.86. The molecule has 0 spiro atoms. The predicted octanol–water partition coefficient (Wildman–Crippen LogP) is -1.37. The number of carboxylic acids is 1. The van der Waals surface area contributed by atoms with Crippen LogP contribution in [0.15, 0.2) is 28.5 Å². The van der Waals surface area contributed by atoms with E-state index in [0.717, 1.165) is 0 Å². The van der Waals surface area contributed by atoms with Crippen molar-refractivity contribution in [2.75, 3.05) is 23.8 Å². The van der Waals surface area contributed by atoms with E-state index in [-0.39, 0.29) is 35.3 Å². The number of carbonyl (C=O) groups excluding carboxylic acids is 2. The average molecular weight is 494 g/mol. The van der Waals surface area contributed by atoms with Crippen LogP contribution in [0.1, 0.15) is 5.69 Å². The van der Waals surface area contributed by atoms with E-state index in [1.165, 1.54) is 45.2 Å². The number of aromatic nitrogens is 5. The summed E-state index contributed by atoms with van der Waals surface area (Å²) >= 11 is 2.46. The first kappa shape index (κ1) is 22.8. The molecule has 0 saturated carbocycles. The van der Waals surface area contributed by atoms with Crippen LogP contribution in [0.25, 0.3) is 0 Å². The van der Waals surface area contributed by atoms with Crippen LogP contribution in [0.4, 0.5) is 5.82 Å². The number of nitrogen functional groups attached to an aromatic ring is 1. The summed E-state index contributed by atoms with van der Waals surface area (Å²) in [6.45, 7) is -0.0127. The highest BCUT2D eigenvalue weighted by Gasteiger charge is 2.57. The lowest BCUT2D eigenvalue weighted by molar-refractivity contribution is -0.157. The highest BCUT2D eigenvalue weighted by Crippen LogP contribution is 2.44. The van der Waals surface area contributed by atoms with Gasteiger partial charge in [0, 0.05) is 25.1 Å². The Hall–Kier alpha value is -3.40. The van der Waals surface area contributed by atoms with Gasteiger partial charge in [-0.05, 0) is 22.6 Å². The first-order valence-corrected chi connectivity index (χ1v) is 11.6. The van der Waals surface area contributed by atoms with Crippen molar-refractivity contribution in [3.63, 3.8) is 0 Å². The zero-order valence-electron chi connectivity index (χ0n) is 17.2. The number of hydrogen-bond acceptors (Lipinski definition) is 12. The summed E-state index contributed by atoms with van der Waals surface area (Å²) in [7, 11) is 1.65. The fourth-order valence-corrected chi connectivity index (χ4v) is 6.17. The van der Waals surface area contributed by atoms with Gasteiger partial charge in [0.1, 0.15) is 28.3 Å². The second-order valence-corrected chi connectivity index (χ2v) is 9.52. The van der Waals surface area contributed by atoms with Crippen LogP contribution in [-0.2, 0) is 21.4 Å². The Morgan fingerprint density at radius 1 is 1.45 bits per heavy atom. The van der Waals surface area contributed by atoms with Gasteiger partial charge in [-0.1, -0.05) is 23.0 Å². The maximum absolute atomic E-state index is 12.8. The Morgan fingerprint density at radius 3 is 2.88 bits per heavy atom. The smallest absolute Gasteiger partial charge is 0.313 e. The molecule has 174 valence electrons. The topological polar surface area (TPSA) is 202 Å². The number of carbonyl (C=O) groups is 3. The number of nitrogens with one attached hydrogen (secondary N) is 1. The van der Waals surface area contributed by atoms with Gasteiger partial charge in [0.2, 0.25) is 11.1 Å². The third-order valence-electron chi connectivity index (χ3n) is 5.27. The van der Waals surface area contributed by atoms with E-state index in [1.54, 1.807) is 13.1 Å². The molecule has 33 heavy (non-hydrogen) atoms. The van der Waals surface area contributed by atoms with Gasteiger partial charge in [0.15, 0.2) is 5.71 Å². The van der Waals surface area contributed by atoms with Crippen LogP contribution in [-0.4, -0.2) is 93.4 Å². The molecule has 4 heterocycles. The van der Waals surface area contributed by atoms with Crippen LogP contribution in [0.3, 0.4) is 0 Å². The summed E-state index contributed by atoms with van der Waals surface area (Å²) in [6, 6.07) is 3.61. The maximum atomic E-state index is 12.8. The predicted molar refractivity (Wildman–Crippen MR) is 116 cm³/mol. The SMILES string of the molecule is Cn1nnnc1SCC1(C(=O)O)CS[C@@H]2C(NC(=O)C(=NO)c3cccc(N)n3)C(=O)N2C1. The van der Waals surface area contributed by atoms with Crippen molar-refractivity contribution in [3.8, 4) is 0 Å². The molecule has 2 fully saturated rings. The van der Waals surface area contributed by atoms with Crippen LogP contribution in [0.2, 0.25) is 0 Å². The van der Waals surface area contributed by atoms with E-state index in [0.29, 0.717) is 5.16 Å². The molecule has 2 unspecified atom stereocenters. The van der Waals surface area contributed by atoms with E-state index < -0.39 is 34.6 Å². The largest absolute Gasteiger partial charge is 0.481 e. The van der Waals surface area contributed by atoms with E-state index >= 15 is 0 Å². The summed E-state index contributed by atoms with van der Waals surface area (Å²) in [5.74, 6) is -1.73. The van der Waals surface area contributed by atoms with Crippen LogP contribution >= 0.6 is 23.5 Å². The molecule has 0 bridgehead atoms. The molecule has 0 aliphatic carbocycles. The minimum atomic E-state index is -1.20. The van der Waals surface area contributed by atoms with Crippen molar-refractivity contribution in [2.45, 2.75) is 16.6 Å². The van der Waals surface area contributed by atoms with Crippen molar-refractivity contribution in [1.29, 1.82) is 0 Å². The number of anilines is 1. The number of amides is 2. The van der Waals surface area contributed by atoms with Gasteiger partial charge in [0.05, 0.1) is 0 Å². The van der Waals surface area contributed by atoms with Crippen LogP contribution in [0.5, 0.6) is 0 Å². The molecule has 0 radical (unpaired) electrons. The lowest BCUT2D eigenvalue weighted by Gasteiger charge is -2.53. The molecule has 0 aromatic carbocycles. The second-order valence-electron chi connectivity index (χ2n) is 7.47. The third kappa shape index (κ3) is 4.18. The monoisotopic (exact) mass is 493 g/mol. The number of carboxylic acid groups (broad SMARTS) is 1. The van der Waals surface area contributed by atoms with E-state index in [1.807, 2.05) is 0 Å². The molecular formula is C17H19N9O5S2. The Bertz CT molecular complexity index is 1140. The molecule has 2 aromatic heterocycles. The number of nitrogens with two attached hydrogens (primary N) is 1. The van der Waals surface area contributed by atoms with Crippen molar-refractivity contribution in [1.82, 2.24) is 35.4 Å². The molecule has 3 atom stereocenters. The quantitative estimate of drug-likeness (QED) is 0.116. The zero-order chi connectivity index (χ0) is 23.8. The Kier molecular flexibility index (Phi) is 6.11. The minimum absolute atomic E-state index is 0.0127. The van der Waals surface area contributed by atoms with Gasteiger partial charge in [-0.2, -0.15) is 0 Å². The standard InChI is InChI=1S/C17H19N9O5S2/c1-25-16(21-23-24-25)33-7-17(15(29)30)5-26-13(28)11(14(26)32-6-17)20-12(27)10(22-31)8-3-2-4-9(18)19-8/h2-4,11,14,31H,5-7H2,1H3,(H2,18,19)(H,20,27)(H,29,30)/t11?,14-,17?/m1/s1. The summed E-state index contributed by atoms with van der Waals surface area (Å²) in [5.41, 5.74) is 4.07. The molecule has 2 aromatic rings. The number of tetrazole rings is 1. The van der Waals surface area contributed by atoms with Gasteiger partial charge >= 0.3 is 5.97 Å².